The Morgan fingerprint density at radius 1 is 1.17 bits per heavy atom. The second-order valence-electron chi connectivity index (χ2n) is 5.84. The summed E-state index contributed by atoms with van der Waals surface area (Å²) in [6.07, 6.45) is 0.993. The molecule has 2 heterocycles. The quantitative estimate of drug-likeness (QED) is 0.741. The first-order chi connectivity index (χ1) is 11.5. The maximum Gasteiger partial charge on any atom is 0.311 e. The van der Waals surface area contributed by atoms with Crippen molar-refractivity contribution in [3.05, 3.63) is 23.8 Å². The van der Waals surface area contributed by atoms with Crippen molar-refractivity contribution in [3.63, 3.8) is 0 Å². The molecule has 0 unspecified atom stereocenters. The Morgan fingerprint density at radius 2 is 1.88 bits per heavy atom. The monoisotopic (exact) mass is 333 g/mol. The van der Waals surface area contributed by atoms with Crippen molar-refractivity contribution >= 4 is 17.7 Å². The Labute approximate surface area is 138 Å². The molecule has 1 saturated heterocycles. The Hall–Kier alpha value is -2.77. The van der Waals surface area contributed by atoms with Gasteiger partial charge in [-0.1, -0.05) is 6.07 Å². The normalized spacial score (nSPS) is 16.8. The number of benzene rings is 1. The maximum absolute atomic E-state index is 12.1. The lowest BCUT2D eigenvalue weighted by Crippen LogP contribution is -2.47. The molecule has 0 aliphatic carbocycles. The van der Waals surface area contributed by atoms with E-state index >= 15 is 0 Å². The highest BCUT2D eigenvalue weighted by molar-refractivity contribution is 6.35. The summed E-state index contributed by atoms with van der Waals surface area (Å²) in [5.41, 5.74) is 6.07. The van der Waals surface area contributed by atoms with Gasteiger partial charge in [0.25, 0.3) is 0 Å². The van der Waals surface area contributed by atoms with Crippen LogP contribution in [-0.2, 0) is 20.9 Å². The van der Waals surface area contributed by atoms with E-state index in [-0.39, 0.29) is 25.2 Å². The lowest BCUT2D eigenvalue weighted by Gasteiger charge is -2.29. The van der Waals surface area contributed by atoms with Crippen molar-refractivity contribution in [2.75, 3.05) is 19.9 Å². The summed E-state index contributed by atoms with van der Waals surface area (Å²) < 4.78 is 10.5. The lowest BCUT2D eigenvalue weighted by molar-refractivity contribution is -0.147. The molecule has 0 radical (unpaired) electrons. The van der Waals surface area contributed by atoms with Crippen LogP contribution in [0.3, 0.4) is 0 Å². The molecule has 2 aliphatic rings. The number of carbonyl (C=O) groups is 3. The van der Waals surface area contributed by atoms with Crippen molar-refractivity contribution in [2.24, 2.45) is 11.7 Å². The summed E-state index contributed by atoms with van der Waals surface area (Å²) in [4.78, 5) is 36.7. The van der Waals surface area contributed by atoms with Crippen LogP contribution in [-0.4, -0.2) is 42.5 Å². The van der Waals surface area contributed by atoms with Crippen LogP contribution in [0.5, 0.6) is 11.5 Å². The first kappa shape index (κ1) is 16.1. The van der Waals surface area contributed by atoms with Gasteiger partial charge in [-0.2, -0.15) is 0 Å². The predicted molar refractivity (Wildman–Crippen MR) is 82.9 cm³/mol. The van der Waals surface area contributed by atoms with Gasteiger partial charge in [0.1, 0.15) is 0 Å². The van der Waals surface area contributed by atoms with Crippen LogP contribution in [0.15, 0.2) is 18.2 Å². The molecule has 1 fully saturated rings. The summed E-state index contributed by atoms with van der Waals surface area (Å²) >= 11 is 0. The Balaban J connectivity index is 1.50. The number of carbonyl (C=O) groups excluding carboxylic acids is 3. The number of rotatable bonds is 3. The van der Waals surface area contributed by atoms with E-state index in [0.29, 0.717) is 37.4 Å². The zero-order valence-electron chi connectivity index (χ0n) is 13.1. The van der Waals surface area contributed by atoms with E-state index in [1.165, 1.54) is 4.90 Å². The highest BCUT2D eigenvalue weighted by Gasteiger charge is 2.29. The lowest BCUT2D eigenvalue weighted by atomic mass is 9.96. The fourth-order valence-corrected chi connectivity index (χ4v) is 2.82. The number of piperidine rings is 1. The highest BCUT2D eigenvalue weighted by Crippen LogP contribution is 2.32. The molecular formula is C16H19N3O5. The van der Waals surface area contributed by atoms with Crippen LogP contribution in [0.1, 0.15) is 18.4 Å². The van der Waals surface area contributed by atoms with Gasteiger partial charge in [0.05, 0.1) is 0 Å². The van der Waals surface area contributed by atoms with Gasteiger partial charge in [-0.3, -0.25) is 14.4 Å². The van der Waals surface area contributed by atoms with Crippen LogP contribution in [0.4, 0.5) is 0 Å². The molecule has 3 N–H and O–H groups in total. The van der Waals surface area contributed by atoms with Gasteiger partial charge in [0.15, 0.2) is 11.5 Å². The number of primary amides is 1. The van der Waals surface area contributed by atoms with Crippen molar-refractivity contribution in [3.8, 4) is 11.5 Å². The molecule has 0 saturated carbocycles. The highest BCUT2D eigenvalue weighted by atomic mass is 16.7. The van der Waals surface area contributed by atoms with Gasteiger partial charge in [0, 0.05) is 25.6 Å². The zero-order valence-corrected chi connectivity index (χ0v) is 13.1. The number of ether oxygens (including phenoxy) is 2. The Bertz CT molecular complexity index is 668. The molecule has 0 bridgehead atoms. The standard InChI is InChI=1S/C16H19N3O5/c17-14(20)11-3-5-19(6-4-11)16(22)15(21)18-8-10-1-2-12-13(7-10)24-9-23-12/h1-2,7,11H,3-6,8-9H2,(H2,17,20)(H,18,21). The van der Waals surface area contributed by atoms with E-state index < -0.39 is 11.8 Å². The third-order valence-corrected chi connectivity index (χ3v) is 4.27. The van der Waals surface area contributed by atoms with E-state index in [2.05, 4.69) is 5.32 Å². The van der Waals surface area contributed by atoms with Crippen LogP contribution in [0.25, 0.3) is 0 Å². The van der Waals surface area contributed by atoms with Crippen LogP contribution in [0, 0.1) is 5.92 Å². The molecule has 0 spiro atoms. The molecule has 0 atom stereocenters. The van der Waals surface area contributed by atoms with Gasteiger partial charge >= 0.3 is 11.8 Å². The molecule has 24 heavy (non-hydrogen) atoms. The number of likely N-dealkylation sites (tertiary alicyclic amines) is 1. The average molecular weight is 333 g/mol. The minimum absolute atomic E-state index is 0.185. The van der Waals surface area contributed by atoms with Crippen LogP contribution in [0.2, 0.25) is 0 Å². The van der Waals surface area contributed by atoms with Crippen molar-refractivity contribution in [2.45, 2.75) is 19.4 Å². The van der Waals surface area contributed by atoms with E-state index in [0.717, 1.165) is 5.56 Å². The molecule has 8 nitrogen and oxygen atoms in total. The summed E-state index contributed by atoms with van der Waals surface area (Å²) in [6, 6.07) is 5.34. The van der Waals surface area contributed by atoms with Gasteiger partial charge in [-0.25, -0.2) is 0 Å². The van der Waals surface area contributed by atoms with Gasteiger partial charge in [-0.15, -0.1) is 0 Å². The zero-order chi connectivity index (χ0) is 17.1. The van der Waals surface area contributed by atoms with E-state index in [9.17, 15) is 14.4 Å². The molecular weight excluding hydrogens is 314 g/mol. The summed E-state index contributed by atoms with van der Waals surface area (Å²) in [5, 5.41) is 2.60. The average Bonchev–Trinajstić information content (AvgIpc) is 3.06. The summed E-state index contributed by atoms with van der Waals surface area (Å²) in [5.74, 6) is -0.524. The number of nitrogens with one attached hydrogen (secondary N) is 1. The first-order valence-corrected chi connectivity index (χ1v) is 7.79. The topological polar surface area (TPSA) is 111 Å². The number of nitrogens with two attached hydrogens (primary N) is 1. The van der Waals surface area contributed by atoms with E-state index in [1.54, 1.807) is 18.2 Å². The van der Waals surface area contributed by atoms with Crippen molar-refractivity contribution in [1.29, 1.82) is 0 Å². The third kappa shape index (κ3) is 3.42. The maximum atomic E-state index is 12.1. The largest absolute Gasteiger partial charge is 0.454 e. The number of amides is 3. The molecule has 1 aromatic rings. The number of fused-ring (bicyclic) bond motifs is 1. The van der Waals surface area contributed by atoms with Gasteiger partial charge < -0.3 is 25.4 Å². The SMILES string of the molecule is NC(=O)C1CCN(C(=O)C(=O)NCc2ccc3c(c2)OCO3)CC1. The van der Waals surface area contributed by atoms with E-state index in [4.69, 9.17) is 15.2 Å². The molecule has 2 aliphatic heterocycles. The number of hydrogen-bond acceptors (Lipinski definition) is 5. The predicted octanol–water partition coefficient (Wildman–Crippen LogP) is -0.245. The fraction of sp³-hybridized carbons (Fsp3) is 0.438. The number of nitrogens with zero attached hydrogens (tertiary/aromatic N) is 1. The molecule has 128 valence electrons. The molecule has 8 heteroatoms. The summed E-state index contributed by atoms with van der Waals surface area (Å²) in [6.45, 7) is 1.14. The Morgan fingerprint density at radius 3 is 2.58 bits per heavy atom. The number of hydrogen-bond donors (Lipinski definition) is 2. The molecule has 1 aromatic carbocycles. The second kappa shape index (κ2) is 6.77. The Kier molecular flexibility index (Phi) is 4.54. The molecule has 3 amide bonds. The minimum Gasteiger partial charge on any atom is -0.454 e. The smallest absolute Gasteiger partial charge is 0.311 e. The summed E-state index contributed by atoms with van der Waals surface area (Å²) in [7, 11) is 0. The van der Waals surface area contributed by atoms with E-state index in [1.807, 2.05) is 0 Å². The van der Waals surface area contributed by atoms with Crippen LogP contribution < -0.4 is 20.5 Å². The molecule has 3 rings (SSSR count). The van der Waals surface area contributed by atoms with Gasteiger partial charge in [0.2, 0.25) is 12.7 Å². The molecule has 0 aromatic heterocycles. The minimum atomic E-state index is -0.662. The first-order valence-electron chi connectivity index (χ1n) is 7.79. The second-order valence-corrected chi connectivity index (χ2v) is 5.84. The fourth-order valence-electron chi connectivity index (χ4n) is 2.82. The third-order valence-electron chi connectivity index (χ3n) is 4.27. The van der Waals surface area contributed by atoms with Crippen molar-refractivity contribution < 1.29 is 23.9 Å². The van der Waals surface area contributed by atoms with Gasteiger partial charge in [-0.05, 0) is 30.5 Å². The van der Waals surface area contributed by atoms with Crippen molar-refractivity contribution in [1.82, 2.24) is 10.2 Å². The van der Waals surface area contributed by atoms with Crippen LogP contribution >= 0.6 is 0 Å².